The van der Waals surface area contributed by atoms with Crippen molar-refractivity contribution in [2.24, 2.45) is 14.1 Å². The number of pyridine rings is 2. The van der Waals surface area contributed by atoms with Crippen molar-refractivity contribution in [2.45, 2.75) is 18.8 Å². The lowest BCUT2D eigenvalue weighted by Gasteiger charge is -2.11. The van der Waals surface area contributed by atoms with Gasteiger partial charge in [-0.3, -0.25) is 9.59 Å². The van der Waals surface area contributed by atoms with E-state index < -0.39 is 0 Å². The molecular formula is C25H21N5O2. The second-order valence-electron chi connectivity index (χ2n) is 8.22. The number of hydrogen-bond donors (Lipinski definition) is 0. The van der Waals surface area contributed by atoms with E-state index in [1.165, 1.54) is 21.3 Å². The summed E-state index contributed by atoms with van der Waals surface area (Å²) >= 11 is 0. The molecule has 0 saturated heterocycles. The second kappa shape index (κ2) is 7.50. The van der Waals surface area contributed by atoms with Crippen LogP contribution in [0, 0.1) is 11.3 Å². The van der Waals surface area contributed by atoms with Gasteiger partial charge in [-0.2, -0.15) is 10.4 Å². The summed E-state index contributed by atoms with van der Waals surface area (Å²) in [5.41, 5.74) is 5.05. The number of nitriles is 1. The van der Waals surface area contributed by atoms with E-state index in [0.29, 0.717) is 22.6 Å². The first-order valence-electron chi connectivity index (χ1n) is 10.4. The topological polar surface area (TPSA) is 85.6 Å². The minimum atomic E-state index is -0.166. The molecule has 0 unspecified atom stereocenters. The van der Waals surface area contributed by atoms with Gasteiger partial charge in [-0.25, -0.2) is 4.68 Å². The molecular weight excluding hydrogens is 402 g/mol. The molecule has 158 valence electrons. The molecule has 3 aromatic heterocycles. The predicted molar refractivity (Wildman–Crippen MR) is 122 cm³/mol. The largest absolute Gasteiger partial charge is 0.319 e. The average Bonchev–Trinajstić information content (AvgIpc) is 3.53. The van der Waals surface area contributed by atoms with Crippen LogP contribution in [0.15, 0.2) is 70.8 Å². The molecule has 4 aromatic rings. The molecule has 0 atom stereocenters. The zero-order chi connectivity index (χ0) is 22.4. The maximum absolute atomic E-state index is 12.4. The van der Waals surface area contributed by atoms with E-state index in [1.807, 2.05) is 30.5 Å². The SMILES string of the molecule is Cn1ccc(-c2cc(=O)n(C)cc2-c2cnn(-c3cccc(C4CC4)c3C#N)c2)cc1=O. The Morgan fingerprint density at radius 2 is 1.75 bits per heavy atom. The maximum Gasteiger partial charge on any atom is 0.250 e. The molecule has 7 heteroatoms. The third kappa shape index (κ3) is 3.36. The van der Waals surface area contributed by atoms with Crippen molar-refractivity contribution in [3.63, 3.8) is 0 Å². The second-order valence-corrected chi connectivity index (χ2v) is 8.22. The fourth-order valence-corrected chi connectivity index (χ4v) is 4.01. The summed E-state index contributed by atoms with van der Waals surface area (Å²) in [6, 6.07) is 13.1. The quantitative estimate of drug-likeness (QED) is 0.504. The van der Waals surface area contributed by atoms with E-state index in [4.69, 9.17) is 0 Å². The Kier molecular flexibility index (Phi) is 4.63. The zero-order valence-corrected chi connectivity index (χ0v) is 17.8. The van der Waals surface area contributed by atoms with Gasteiger partial charge in [0.15, 0.2) is 0 Å². The molecule has 0 aliphatic heterocycles. The van der Waals surface area contributed by atoms with Gasteiger partial charge < -0.3 is 9.13 Å². The molecule has 0 N–H and O–H groups in total. The van der Waals surface area contributed by atoms with E-state index in [2.05, 4.69) is 11.2 Å². The minimum absolute atomic E-state index is 0.152. The van der Waals surface area contributed by atoms with E-state index in [9.17, 15) is 14.9 Å². The highest BCUT2D eigenvalue weighted by Crippen LogP contribution is 2.42. The van der Waals surface area contributed by atoms with Crippen LogP contribution in [-0.2, 0) is 14.1 Å². The van der Waals surface area contributed by atoms with Gasteiger partial charge in [-0.05, 0) is 47.6 Å². The Morgan fingerprint density at radius 3 is 2.47 bits per heavy atom. The van der Waals surface area contributed by atoms with Crippen molar-refractivity contribution in [1.82, 2.24) is 18.9 Å². The van der Waals surface area contributed by atoms with E-state index >= 15 is 0 Å². The van der Waals surface area contributed by atoms with Crippen LogP contribution in [0.1, 0.15) is 29.9 Å². The summed E-state index contributed by atoms with van der Waals surface area (Å²) in [7, 11) is 3.38. The van der Waals surface area contributed by atoms with E-state index in [0.717, 1.165) is 35.2 Å². The zero-order valence-electron chi connectivity index (χ0n) is 17.8. The molecule has 3 heterocycles. The van der Waals surface area contributed by atoms with E-state index in [1.54, 1.807) is 37.4 Å². The summed E-state index contributed by atoms with van der Waals surface area (Å²) in [4.78, 5) is 24.6. The molecule has 0 radical (unpaired) electrons. The molecule has 0 spiro atoms. The lowest BCUT2D eigenvalue weighted by molar-refractivity contribution is 0.857. The molecule has 32 heavy (non-hydrogen) atoms. The first kappa shape index (κ1) is 19.8. The number of aromatic nitrogens is 4. The Hall–Kier alpha value is -4.18. The third-order valence-electron chi connectivity index (χ3n) is 5.99. The van der Waals surface area contributed by atoms with Crippen LogP contribution < -0.4 is 11.1 Å². The Morgan fingerprint density at radius 1 is 0.969 bits per heavy atom. The lowest BCUT2D eigenvalue weighted by atomic mass is 9.99. The number of rotatable bonds is 4. The number of benzene rings is 1. The van der Waals surface area contributed by atoms with Crippen LogP contribution in [0.25, 0.3) is 27.9 Å². The smallest absolute Gasteiger partial charge is 0.250 e. The summed E-state index contributed by atoms with van der Waals surface area (Å²) < 4.78 is 4.70. The highest BCUT2D eigenvalue weighted by atomic mass is 16.1. The summed E-state index contributed by atoms with van der Waals surface area (Å²) in [5.74, 6) is 0.454. The first-order valence-corrected chi connectivity index (χ1v) is 10.4. The van der Waals surface area contributed by atoms with Gasteiger partial charge in [0.2, 0.25) is 0 Å². The van der Waals surface area contributed by atoms with Crippen molar-refractivity contribution in [3.05, 3.63) is 93.0 Å². The highest BCUT2D eigenvalue weighted by Gasteiger charge is 2.27. The Balaban J connectivity index is 1.65. The first-order chi connectivity index (χ1) is 15.5. The maximum atomic E-state index is 12.4. The average molecular weight is 423 g/mol. The lowest BCUT2D eigenvalue weighted by Crippen LogP contribution is -2.17. The van der Waals surface area contributed by atoms with Gasteiger partial charge in [-0.15, -0.1) is 0 Å². The molecule has 1 fully saturated rings. The van der Waals surface area contributed by atoms with Gasteiger partial charge in [-0.1, -0.05) is 12.1 Å². The van der Waals surface area contributed by atoms with Crippen molar-refractivity contribution < 1.29 is 0 Å². The highest BCUT2D eigenvalue weighted by molar-refractivity contribution is 5.82. The van der Waals surface area contributed by atoms with Gasteiger partial charge in [0.25, 0.3) is 11.1 Å². The molecule has 1 saturated carbocycles. The van der Waals surface area contributed by atoms with Gasteiger partial charge in [0.05, 0.1) is 17.4 Å². The van der Waals surface area contributed by atoms with Crippen LogP contribution in [-0.4, -0.2) is 18.9 Å². The van der Waals surface area contributed by atoms with Gasteiger partial charge in [0.1, 0.15) is 6.07 Å². The number of hydrogen-bond acceptors (Lipinski definition) is 4. The fourth-order valence-electron chi connectivity index (χ4n) is 4.01. The van der Waals surface area contributed by atoms with Crippen molar-refractivity contribution >= 4 is 0 Å². The monoisotopic (exact) mass is 423 g/mol. The fraction of sp³-hybridized carbons (Fsp3) is 0.200. The molecule has 7 nitrogen and oxygen atoms in total. The number of nitrogens with zero attached hydrogens (tertiary/aromatic N) is 5. The van der Waals surface area contributed by atoms with Crippen LogP contribution >= 0.6 is 0 Å². The predicted octanol–water partition coefficient (Wildman–Crippen LogP) is 3.35. The van der Waals surface area contributed by atoms with Crippen LogP contribution in [0.4, 0.5) is 0 Å². The van der Waals surface area contributed by atoms with E-state index in [-0.39, 0.29) is 11.1 Å². The standard InChI is InChI=1S/C25H21N5O2/c1-28-9-8-17(10-24(28)31)20-11-25(32)29(2)15-22(20)18-13-27-30(14-18)23-5-3-4-19(16-6-7-16)21(23)12-26/h3-5,8-11,13-16H,6-7H2,1-2H3. The van der Waals surface area contributed by atoms with Crippen LogP contribution in [0.5, 0.6) is 0 Å². The van der Waals surface area contributed by atoms with Gasteiger partial charge >= 0.3 is 0 Å². The summed E-state index contributed by atoms with van der Waals surface area (Å²) in [6.45, 7) is 0. The summed E-state index contributed by atoms with van der Waals surface area (Å²) in [6.07, 6.45) is 9.24. The van der Waals surface area contributed by atoms with Crippen LogP contribution in [0.2, 0.25) is 0 Å². The van der Waals surface area contributed by atoms with Crippen molar-refractivity contribution in [1.29, 1.82) is 5.26 Å². The Bertz CT molecular complexity index is 1510. The number of aryl methyl sites for hydroxylation is 2. The van der Waals surface area contributed by atoms with Gasteiger partial charge in [0, 0.05) is 55.9 Å². The Labute approximate surface area is 184 Å². The van der Waals surface area contributed by atoms with Crippen molar-refractivity contribution in [3.8, 4) is 34.0 Å². The van der Waals surface area contributed by atoms with Crippen molar-refractivity contribution in [2.75, 3.05) is 0 Å². The molecule has 1 aliphatic rings. The minimum Gasteiger partial charge on any atom is -0.319 e. The summed E-state index contributed by atoms with van der Waals surface area (Å²) in [5, 5.41) is 14.3. The third-order valence-corrected chi connectivity index (χ3v) is 5.99. The molecule has 0 bridgehead atoms. The molecule has 0 amide bonds. The molecule has 5 rings (SSSR count). The van der Waals surface area contributed by atoms with Crippen LogP contribution in [0.3, 0.4) is 0 Å². The molecule has 1 aliphatic carbocycles. The molecule has 1 aromatic carbocycles. The normalized spacial score (nSPS) is 13.2.